The van der Waals surface area contributed by atoms with Gasteiger partial charge in [0.1, 0.15) is 0 Å². The Morgan fingerprint density at radius 2 is 2.33 bits per heavy atom. The van der Waals surface area contributed by atoms with Gasteiger partial charge >= 0.3 is 0 Å². The lowest BCUT2D eigenvalue weighted by molar-refractivity contribution is 0.687. The molecule has 0 bridgehead atoms. The smallest absolute Gasteiger partial charge is 0.152 e. The average Bonchev–Trinajstić information content (AvgIpc) is 2.58. The minimum Gasteiger partial charge on any atom is -0.380 e. The van der Waals surface area contributed by atoms with Gasteiger partial charge in [0.2, 0.25) is 0 Å². The van der Waals surface area contributed by atoms with E-state index in [-0.39, 0.29) is 0 Å². The first kappa shape index (κ1) is 11.2. The van der Waals surface area contributed by atoms with E-state index >= 15 is 0 Å². The second kappa shape index (κ2) is 4.68. The Bertz CT molecular complexity index is 359. The Morgan fingerprint density at radius 3 is 3.00 bits per heavy atom. The molecule has 0 amide bonds. The standard InChI is InChI=1S/C10H13BrClN3/c11-6-3-9(10(12)14-5-6)15-8-2-1-7(13)4-8/h3,5,7-8,15H,1-2,4,13H2. The van der Waals surface area contributed by atoms with Crippen molar-refractivity contribution in [1.29, 1.82) is 0 Å². The maximum absolute atomic E-state index is 5.99. The first-order chi connectivity index (χ1) is 7.15. The maximum Gasteiger partial charge on any atom is 0.152 e. The minimum absolute atomic E-state index is 0.321. The minimum atomic E-state index is 0.321. The first-order valence-electron chi connectivity index (χ1n) is 4.98. The lowest BCUT2D eigenvalue weighted by Gasteiger charge is -2.14. The number of pyridine rings is 1. The van der Waals surface area contributed by atoms with E-state index in [9.17, 15) is 0 Å². The van der Waals surface area contributed by atoms with Crippen molar-refractivity contribution in [3.05, 3.63) is 21.9 Å². The van der Waals surface area contributed by atoms with Gasteiger partial charge in [-0.3, -0.25) is 0 Å². The molecule has 2 atom stereocenters. The molecule has 82 valence electrons. The van der Waals surface area contributed by atoms with E-state index < -0.39 is 0 Å². The fraction of sp³-hybridized carbons (Fsp3) is 0.500. The molecule has 1 heterocycles. The largest absolute Gasteiger partial charge is 0.380 e. The monoisotopic (exact) mass is 289 g/mol. The van der Waals surface area contributed by atoms with Gasteiger partial charge in [-0.05, 0) is 41.3 Å². The number of aromatic nitrogens is 1. The third kappa shape index (κ3) is 2.83. The molecule has 1 fully saturated rings. The zero-order valence-corrected chi connectivity index (χ0v) is 10.6. The number of nitrogens with one attached hydrogen (secondary N) is 1. The van der Waals surface area contributed by atoms with E-state index in [4.69, 9.17) is 17.3 Å². The fourth-order valence-electron chi connectivity index (χ4n) is 1.89. The van der Waals surface area contributed by atoms with Gasteiger partial charge in [0, 0.05) is 22.8 Å². The van der Waals surface area contributed by atoms with Crippen molar-refractivity contribution in [3.63, 3.8) is 0 Å². The molecule has 3 nitrogen and oxygen atoms in total. The van der Waals surface area contributed by atoms with Crippen LogP contribution >= 0.6 is 27.5 Å². The molecule has 1 aliphatic carbocycles. The molecule has 1 saturated carbocycles. The molecule has 5 heteroatoms. The van der Waals surface area contributed by atoms with Crippen LogP contribution in [0.15, 0.2) is 16.7 Å². The molecule has 0 spiro atoms. The molecule has 0 saturated heterocycles. The van der Waals surface area contributed by atoms with Crippen molar-refractivity contribution in [3.8, 4) is 0 Å². The van der Waals surface area contributed by atoms with E-state index in [0.717, 1.165) is 29.4 Å². The first-order valence-corrected chi connectivity index (χ1v) is 6.15. The quantitative estimate of drug-likeness (QED) is 0.824. The van der Waals surface area contributed by atoms with Crippen LogP contribution < -0.4 is 11.1 Å². The summed E-state index contributed by atoms with van der Waals surface area (Å²) in [5, 5.41) is 3.89. The summed E-state index contributed by atoms with van der Waals surface area (Å²) in [6.45, 7) is 0. The van der Waals surface area contributed by atoms with Crippen LogP contribution in [0.4, 0.5) is 5.69 Å². The average molecular weight is 291 g/mol. The van der Waals surface area contributed by atoms with E-state index in [1.807, 2.05) is 6.07 Å². The van der Waals surface area contributed by atoms with Crippen LogP contribution in [0.2, 0.25) is 5.15 Å². The Balaban J connectivity index is 2.07. The van der Waals surface area contributed by atoms with E-state index in [1.54, 1.807) is 6.20 Å². The van der Waals surface area contributed by atoms with Crippen molar-refractivity contribution < 1.29 is 0 Å². The van der Waals surface area contributed by atoms with Gasteiger partial charge < -0.3 is 11.1 Å². The van der Waals surface area contributed by atoms with Crippen LogP contribution in [0.25, 0.3) is 0 Å². The molecule has 0 aliphatic heterocycles. The third-order valence-corrected chi connectivity index (χ3v) is 3.37. The highest BCUT2D eigenvalue weighted by molar-refractivity contribution is 9.10. The maximum atomic E-state index is 5.99. The Morgan fingerprint density at radius 1 is 1.53 bits per heavy atom. The number of nitrogens with zero attached hydrogens (tertiary/aromatic N) is 1. The summed E-state index contributed by atoms with van der Waals surface area (Å²) in [6, 6.07) is 2.69. The van der Waals surface area contributed by atoms with Crippen molar-refractivity contribution in [2.24, 2.45) is 5.73 Å². The van der Waals surface area contributed by atoms with Crippen molar-refractivity contribution in [2.75, 3.05) is 5.32 Å². The number of nitrogens with two attached hydrogens (primary N) is 1. The predicted octanol–water partition coefficient (Wildman–Crippen LogP) is 2.79. The molecule has 1 aromatic heterocycles. The van der Waals surface area contributed by atoms with Crippen LogP contribution in [0.3, 0.4) is 0 Å². The van der Waals surface area contributed by atoms with Crippen molar-refractivity contribution in [1.82, 2.24) is 4.98 Å². The normalized spacial score (nSPS) is 25.5. The Labute approximate surface area is 103 Å². The van der Waals surface area contributed by atoms with Crippen molar-refractivity contribution >= 4 is 33.2 Å². The van der Waals surface area contributed by atoms with Gasteiger partial charge in [-0.2, -0.15) is 0 Å². The summed E-state index contributed by atoms with van der Waals surface area (Å²) in [7, 11) is 0. The van der Waals surface area contributed by atoms with Crippen LogP contribution in [0.5, 0.6) is 0 Å². The summed E-state index contributed by atoms with van der Waals surface area (Å²) in [5.41, 5.74) is 6.73. The van der Waals surface area contributed by atoms with Crippen LogP contribution in [-0.2, 0) is 0 Å². The molecular formula is C10H13BrClN3. The lowest BCUT2D eigenvalue weighted by atomic mass is 10.2. The van der Waals surface area contributed by atoms with Gasteiger partial charge in [-0.15, -0.1) is 0 Å². The molecule has 3 N–H and O–H groups in total. The van der Waals surface area contributed by atoms with Crippen LogP contribution in [0.1, 0.15) is 19.3 Å². The zero-order chi connectivity index (χ0) is 10.8. The molecule has 2 rings (SSSR count). The molecule has 15 heavy (non-hydrogen) atoms. The SMILES string of the molecule is NC1CCC(Nc2cc(Br)cnc2Cl)C1. The predicted molar refractivity (Wildman–Crippen MR) is 66.2 cm³/mol. The van der Waals surface area contributed by atoms with Crippen LogP contribution in [0, 0.1) is 0 Å². The van der Waals surface area contributed by atoms with Crippen molar-refractivity contribution in [2.45, 2.75) is 31.3 Å². The van der Waals surface area contributed by atoms with Gasteiger partial charge in [0.05, 0.1) is 5.69 Å². The molecule has 2 unspecified atom stereocenters. The topological polar surface area (TPSA) is 50.9 Å². The van der Waals surface area contributed by atoms with Gasteiger partial charge in [0.25, 0.3) is 0 Å². The number of anilines is 1. The Kier molecular flexibility index (Phi) is 3.49. The highest BCUT2D eigenvalue weighted by Crippen LogP contribution is 2.27. The molecule has 0 radical (unpaired) electrons. The molecular weight excluding hydrogens is 277 g/mol. The highest BCUT2D eigenvalue weighted by atomic mass is 79.9. The summed E-state index contributed by atoms with van der Waals surface area (Å²) in [4.78, 5) is 4.06. The van der Waals surface area contributed by atoms with Crippen LogP contribution in [-0.4, -0.2) is 17.1 Å². The highest BCUT2D eigenvalue weighted by Gasteiger charge is 2.22. The second-order valence-electron chi connectivity index (χ2n) is 3.91. The summed E-state index contributed by atoms with van der Waals surface area (Å²) < 4.78 is 0.927. The molecule has 0 aromatic carbocycles. The lowest BCUT2D eigenvalue weighted by Crippen LogP contribution is -2.20. The number of hydrogen-bond acceptors (Lipinski definition) is 3. The zero-order valence-electron chi connectivity index (χ0n) is 8.21. The number of halogens is 2. The summed E-state index contributed by atoms with van der Waals surface area (Å²) in [5.74, 6) is 0. The summed E-state index contributed by atoms with van der Waals surface area (Å²) in [6.07, 6.45) is 4.87. The molecule has 1 aromatic rings. The number of rotatable bonds is 2. The van der Waals surface area contributed by atoms with Gasteiger partial charge in [0.15, 0.2) is 5.15 Å². The van der Waals surface area contributed by atoms with E-state index in [2.05, 4.69) is 26.2 Å². The van der Waals surface area contributed by atoms with E-state index in [0.29, 0.717) is 17.2 Å². The Hall–Kier alpha value is -0.320. The third-order valence-electron chi connectivity index (χ3n) is 2.64. The summed E-state index contributed by atoms with van der Waals surface area (Å²) >= 11 is 9.36. The van der Waals surface area contributed by atoms with Gasteiger partial charge in [-0.25, -0.2) is 4.98 Å². The van der Waals surface area contributed by atoms with E-state index in [1.165, 1.54) is 0 Å². The second-order valence-corrected chi connectivity index (χ2v) is 5.18. The number of hydrogen-bond donors (Lipinski definition) is 2. The van der Waals surface area contributed by atoms with Gasteiger partial charge in [-0.1, -0.05) is 11.6 Å². The molecule has 1 aliphatic rings. The fourth-order valence-corrected chi connectivity index (χ4v) is 2.38.